The quantitative estimate of drug-likeness (QED) is 0.536. The van der Waals surface area contributed by atoms with Gasteiger partial charge in [-0.15, -0.1) is 0 Å². The van der Waals surface area contributed by atoms with Gasteiger partial charge < -0.3 is 9.88 Å². The lowest BCUT2D eigenvalue weighted by Gasteiger charge is -2.43. The number of amides is 1. The zero-order valence-electron chi connectivity index (χ0n) is 14.8. The summed E-state index contributed by atoms with van der Waals surface area (Å²) in [6.45, 7) is 0. The van der Waals surface area contributed by atoms with Crippen molar-refractivity contribution < 1.29 is 30.8 Å². The standard InChI is InChI=1S/C16H15ClF4N4O3S/c1-25-8-10(29(27,28)24-15(4-2-5-15)16(19,20)21)12(17)13(25)14(26)23-9-3-6-22-11(18)7-9/h3,6-8,24H,2,4-5H2,1H3,(H,22,23,26). The molecule has 158 valence electrons. The Balaban J connectivity index is 1.91. The fourth-order valence-electron chi connectivity index (χ4n) is 2.97. The highest BCUT2D eigenvalue weighted by Crippen LogP contribution is 2.46. The molecule has 0 spiro atoms. The Morgan fingerprint density at radius 1 is 1.34 bits per heavy atom. The maximum Gasteiger partial charge on any atom is 0.407 e. The van der Waals surface area contributed by atoms with Gasteiger partial charge in [0, 0.05) is 31.2 Å². The van der Waals surface area contributed by atoms with E-state index in [1.54, 1.807) is 4.72 Å². The van der Waals surface area contributed by atoms with Crippen LogP contribution in [-0.4, -0.2) is 35.6 Å². The molecular weight excluding hydrogens is 440 g/mol. The van der Waals surface area contributed by atoms with E-state index in [0.29, 0.717) is 0 Å². The van der Waals surface area contributed by atoms with E-state index in [-0.39, 0.29) is 30.6 Å². The van der Waals surface area contributed by atoms with Gasteiger partial charge in [-0.3, -0.25) is 4.79 Å². The smallest absolute Gasteiger partial charge is 0.344 e. The molecule has 1 aliphatic rings. The van der Waals surface area contributed by atoms with E-state index in [9.17, 15) is 30.8 Å². The molecule has 1 aliphatic carbocycles. The Morgan fingerprint density at radius 2 is 2.00 bits per heavy atom. The van der Waals surface area contributed by atoms with Crippen molar-refractivity contribution in [1.29, 1.82) is 0 Å². The molecule has 1 fully saturated rings. The van der Waals surface area contributed by atoms with E-state index in [2.05, 4.69) is 10.3 Å². The first kappa shape index (κ1) is 21.5. The molecule has 1 amide bonds. The first-order valence-corrected chi connectivity index (χ1v) is 10.1. The number of anilines is 1. The van der Waals surface area contributed by atoms with Crippen LogP contribution in [0.2, 0.25) is 5.02 Å². The third-order valence-electron chi connectivity index (χ3n) is 4.66. The number of aryl methyl sites for hydroxylation is 1. The monoisotopic (exact) mass is 454 g/mol. The predicted octanol–water partition coefficient (Wildman–Crippen LogP) is 3.23. The van der Waals surface area contributed by atoms with Crippen molar-refractivity contribution >= 4 is 33.2 Å². The third-order valence-corrected chi connectivity index (χ3v) is 6.70. The number of aromatic nitrogens is 2. The van der Waals surface area contributed by atoms with Crippen molar-refractivity contribution in [3.8, 4) is 0 Å². The molecule has 0 aliphatic heterocycles. The van der Waals surface area contributed by atoms with E-state index >= 15 is 0 Å². The van der Waals surface area contributed by atoms with Crippen molar-refractivity contribution in [3.05, 3.63) is 41.2 Å². The molecule has 3 rings (SSSR count). The molecule has 29 heavy (non-hydrogen) atoms. The van der Waals surface area contributed by atoms with Crippen LogP contribution in [0.25, 0.3) is 0 Å². The van der Waals surface area contributed by atoms with Gasteiger partial charge in [-0.2, -0.15) is 22.3 Å². The molecule has 13 heteroatoms. The normalized spacial score (nSPS) is 16.3. The van der Waals surface area contributed by atoms with E-state index in [4.69, 9.17) is 11.6 Å². The number of carbonyl (C=O) groups is 1. The van der Waals surface area contributed by atoms with Crippen LogP contribution in [0.4, 0.5) is 23.2 Å². The summed E-state index contributed by atoms with van der Waals surface area (Å²) in [6, 6.07) is 2.22. The lowest BCUT2D eigenvalue weighted by atomic mass is 9.77. The lowest BCUT2D eigenvalue weighted by molar-refractivity contribution is -0.212. The lowest BCUT2D eigenvalue weighted by Crippen LogP contribution is -2.62. The fourth-order valence-corrected chi connectivity index (χ4v) is 5.12. The average Bonchev–Trinajstić information content (AvgIpc) is 2.85. The molecule has 2 heterocycles. The van der Waals surface area contributed by atoms with E-state index in [0.717, 1.165) is 23.0 Å². The van der Waals surface area contributed by atoms with Gasteiger partial charge in [0.15, 0.2) is 0 Å². The highest BCUT2D eigenvalue weighted by molar-refractivity contribution is 7.89. The van der Waals surface area contributed by atoms with Crippen LogP contribution in [0.1, 0.15) is 29.8 Å². The van der Waals surface area contributed by atoms with Gasteiger partial charge in [-0.25, -0.2) is 13.4 Å². The second-order valence-electron chi connectivity index (χ2n) is 6.63. The van der Waals surface area contributed by atoms with Gasteiger partial charge in [0.25, 0.3) is 5.91 Å². The summed E-state index contributed by atoms with van der Waals surface area (Å²) >= 11 is 6.04. The molecule has 2 N–H and O–H groups in total. The van der Waals surface area contributed by atoms with Crippen molar-refractivity contribution in [2.45, 2.75) is 35.9 Å². The number of nitrogens with zero attached hydrogens (tertiary/aromatic N) is 2. The van der Waals surface area contributed by atoms with Crippen LogP contribution in [0.3, 0.4) is 0 Å². The van der Waals surface area contributed by atoms with Gasteiger partial charge in [-0.1, -0.05) is 11.6 Å². The number of hydrogen-bond acceptors (Lipinski definition) is 4. The molecule has 7 nitrogen and oxygen atoms in total. The molecular formula is C16H15ClF4N4O3S. The van der Waals surface area contributed by atoms with Crippen LogP contribution >= 0.6 is 11.6 Å². The highest BCUT2D eigenvalue weighted by atomic mass is 35.5. The topological polar surface area (TPSA) is 93.1 Å². The van der Waals surface area contributed by atoms with Gasteiger partial charge in [0.05, 0.1) is 5.02 Å². The Morgan fingerprint density at radius 3 is 2.52 bits per heavy atom. The first-order chi connectivity index (χ1) is 13.4. The van der Waals surface area contributed by atoms with Crippen molar-refractivity contribution in [1.82, 2.24) is 14.3 Å². The number of alkyl halides is 3. The maximum absolute atomic E-state index is 13.3. The van der Waals surface area contributed by atoms with Crippen molar-refractivity contribution in [2.24, 2.45) is 7.05 Å². The molecule has 1 saturated carbocycles. The molecule has 0 saturated heterocycles. The van der Waals surface area contributed by atoms with Gasteiger partial charge >= 0.3 is 6.18 Å². The Labute approximate surface area is 168 Å². The predicted molar refractivity (Wildman–Crippen MR) is 95.5 cm³/mol. The minimum absolute atomic E-state index is 0.0350. The number of pyridine rings is 1. The average molecular weight is 455 g/mol. The highest BCUT2D eigenvalue weighted by Gasteiger charge is 2.60. The SMILES string of the molecule is Cn1cc(S(=O)(=O)NC2(C(F)(F)F)CCC2)c(Cl)c1C(=O)Nc1ccnc(F)c1. The Hall–Kier alpha value is -2.18. The summed E-state index contributed by atoms with van der Waals surface area (Å²) in [5.41, 5.74) is -2.84. The molecule has 0 unspecified atom stereocenters. The van der Waals surface area contributed by atoms with Crippen LogP contribution in [0.15, 0.2) is 29.4 Å². The summed E-state index contributed by atoms with van der Waals surface area (Å²) in [6.07, 6.45) is -3.28. The van der Waals surface area contributed by atoms with E-state index in [1.165, 1.54) is 13.1 Å². The largest absolute Gasteiger partial charge is 0.407 e. The summed E-state index contributed by atoms with van der Waals surface area (Å²) in [7, 11) is -3.38. The molecule has 0 bridgehead atoms. The van der Waals surface area contributed by atoms with E-state index < -0.39 is 43.5 Å². The molecule has 0 atom stereocenters. The van der Waals surface area contributed by atoms with Gasteiger partial charge in [0.1, 0.15) is 16.1 Å². The number of halogens is 5. The van der Waals surface area contributed by atoms with Gasteiger partial charge in [0.2, 0.25) is 16.0 Å². The van der Waals surface area contributed by atoms with Crippen LogP contribution in [0, 0.1) is 5.95 Å². The minimum atomic E-state index is -4.77. The Bertz CT molecular complexity index is 1060. The maximum atomic E-state index is 13.3. The molecule has 2 aromatic heterocycles. The number of rotatable bonds is 5. The van der Waals surface area contributed by atoms with Crippen molar-refractivity contribution in [3.63, 3.8) is 0 Å². The molecule has 0 aromatic carbocycles. The van der Waals surface area contributed by atoms with Crippen LogP contribution in [0.5, 0.6) is 0 Å². The van der Waals surface area contributed by atoms with Crippen LogP contribution < -0.4 is 10.0 Å². The third kappa shape index (κ3) is 3.96. The van der Waals surface area contributed by atoms with Crippen LogP contribution in [-0.2, 0) is 17.1 Å². The Kier molecular flexibility index (Phi) is 5.39. The fraction of sp³-hybridized carbons (Fsp3) is 0.375. The molecule has 0 radical (unpaired) electrons. The second-order valence-corrected chi connectivity index (χ2v) is 8.66. The number of hydrogen-bond donors (Lipinski definition) is 2. The zero-order valence-corrected chi connectivity index (χ0v) is 16.4. The summed E-state index contributed by atoms with van der Waals surface area (Å²) in [5, 5.41) is 1.77. The first-order valence-electron chi connectivity index (χ1n) is 8.25. The minimum Gasteiger partial charge on any atom is -0.344 e. The zero-order chi connectivity index (χ0) is 21.6. The second kappa shape index (κ2) is 7.26. The molecule has 2 aromatic rings. The number of nitrogens with one attached hydrogen (secondary N) is 2. The summed E-state index contributed by atoms with van der Waals surface area (Å²) in [4.78, 5) is 15.1. The summed E-state index contributed by atoms with van der Waals surface area (Å²) < 4.78 is 81.1. The van der Waals surface area contributed by atoms with Crippen molar-refractivity contribution in [2.75, 3.05) is 5.32 Å². The number of carbonyl (C=O) groups excluding carboxylic acids is 1. The summed E-state index contributed by atoms with van der Waals surface area (Å²) in [5.74, 6) is -1.73. The number of sulfonamides is 1. The van der Waals surface area contributed by atoms with E-state index in [1.807, 2.05) is 0 Å². The van der Waals surface area contributed by atoms with Gasteiger partial charge in [-0.05, 0) is 25.3 Å².